The van der Waals surface area contributed by atoms with Crippen molar-refractivity contribution in [1.29, 1.82) is 0 Å². The van der Waals surface area contributed by atoms with Crippen molar-refractivity contribution in [2.24, 2.45) is 5.73 Å². The Labute approximate surface area is 105 Å². The van der Waals surface area contributed by atoms with Crippen LogP contribution in [0, 0.1) is 11.8 Å². The number of methoxy groups -OCH3 is 1. The minimum absolute atomic E-state index is 0.307. The number of rotatable bonds is 4. The molecule has 0 bridgehead atoms. The van der Waals surface area contributed by atoms with Crippen molar-refractivity contribution in [2.45, 2.75) is 19.3 Å². The minimum Gasteiger partial charge on any atom is -0.480 e. The molecule has 0 saturated heterocycles. The number of hydrogen-bond donors (Lipinski definition) is 1. The average Bonchev–Trinajstić information content (AvgIpc) is 2.30. The number of carbonyl (C=O) groups excluding carboxylic acids is 1. The first kappa shape index (κ1) is 13.3. The lowest BCUT2D eigenvalue weighted by molar-refractivity contribution is -0.118. The molecule has 90 valence electrons. The van der Waals surface area contributed by atoms with Crippen LogP contribution in [0.1, 0.15) is 25.0 Å². The highest BCUT2D eigenvalue weighted by Crippen LogP contribution is 2.20. The number of halogens is 1. The summed E-state index contributed by atoms with van der Waals surface area (Å²) >= 11 is 5.83. The fraction of sp³-hybridized carbons (Fsp3) is 0.333. The summed E-state index contributed by atoms with van der Waals surface area (Å²) in [5, 5.41) is 0.451. The van der Waals surface area contributed by atoms with Gasteiger partial charge in [0.2, 0.25) is 11.8 Å². The third-order valence-corrected chi connectivity index (χ3v) is 2.24. The van der Waals surface area contributed by atoms with Gasteiger partial charge in [0.05, 0.1) is 7.11 Å². The predicted octanol–water partition coefficient (Wildman–Crippen LogP) is 1.75. The zero-order valence-corrected chi connectivity index (χ0v) is 10.3. The van der Waals surface area contributed by atoms with Crippen molar-refractivity contribution in [3.05, 3.63) is 22.8 Å². The van der Waals surface area contributed by atoms with Gasteiger partial charge in [0.15, 0.2) is 0 Å². The largest absolute Gasteiger partial charge is 0.480 e. The predicted molar refractivity (Wildman–Crippen MR) is 65.7 cm³/mol. The molecule has 0 aliphatic rings. The van der Waals surface area contributed by atoms with Crippen LogP contribution < -0.4 is 10.5 Å². The van der Waals surface area contributed by atoms with Gasteiger partial charge in [-0.1, -0.05) is 17.5 Å². The Kier molecular flexibility index (Phi) is 5.31. The summed E-state index contributed by atoms with van der Waals surface area (Å²) in [6, 6.07) is 3.40. The van der Waals surface area contributed by atoms with Crippen molar-refractivity contribution < 1.29 is 9.53 Å². The molecule has 0 radical (unpaired) electrons. The number of nitrogens with two attached hydrogens (primary N) is 1. The van der Waals surface area contributed by atoms with Gasteiger partial charge in [0, 0.05) is 12.8 Å². The Bertz CT molecular complexity index is 463. The number of nitrogens with zero attached hydrogens (tertiary/aromatic N) is 1. The maximum Gasteiger partial charge on any atom is 0.233 e. The molecular formula is C12H13ClN2O2. The Balaban J connectivity index is 2.57. The van der Waals surface area contributed by atoms with Crippen LogP contribution in [0.2, 0.25) is 5.02 Å². The monoisotopic (exact) mass is 252 g/mol. The Hall–Kier alpha value is -1.73. The summed E-state index contributed by atoms with van der Waals surface area (Å²) < 4.78 is 4.97. The van der Waals surface area contributed by atoms with Gasteiger partial charge in [0.1, 0.15) is 10.7 Å². The summed E-state index contributed by atoms with van der Waals surface area (Å²) in [7, 11) is 1.50. The van der Waals surface area contributed by atoms with Crippen molar-refractivity contribution in [3.8, 4) is 17.7 Å². The van der Waals surface area contributed by atoms with Gasteiger partial charge in [-0.2, -0.15) is 0 Å². The normalized spacial score (nSPS) is 9.29. The molecule has 1 heterocycles. The van der Waals surface area contributed by atoms with E-state index in [-0.39, 0.29) is 5.91 Å². The second-order valence-electron chi connectivity index (χ2n) is 3.31. The van der Waals surface area contributed by atoms with Crippen LogP contribution in [0.4, 0.5) is 0 Å². The van der Waals surface area contributed by atoms with Gasteiger partial charge < -0.3 is 10.5 Å². The summed E-state index contributed by atoms with van der Waals surface area (Å²) in [6.45, 7) is 0. The van der Waals surface area contributed by atoms with Gasteiger partial charge in [-0.15, -0.1) is 0 Å². The zero-order chi connectivity index (χ0) is 12.7. The van der Waals surface area contributed by atoms with Crippen LogP contribution in [0.15, 0.2) is 12.1 Å². The van der Waals surface area contributed by atoms with E-state index < -0.39 is 0 Å². The molecule has 0 spiro atoms. The first-order chi connectivity index (χ1) is 8.13. The summed E-state index contributed by atoms with van der Waals surface area (Å²) in [5.41, 5.74) is 5.60. The van der Waals surface area contributed by atoms with Crippen LogP contribution in [0.3, 0.4) is 0 Å². The number of aromatic nitrogens is 1. The maximum atomic E-state index is 10.5. The molecule has 2 N–H and O–H groups in total. The lowest BCUT2D eigenvalue weighted by Gasteiger charge is -2.00. The molecule has 0 aromatic carbocycles. The molecule has 0 unspecified atom stereocenters. The number of pyridine rings is 1. The molecule has 0 aliphatic carbocycles. The summed E-state index contributed by atoms with van der Waals surface area (Å²) in [4.78, 5) is 14.6. The number of ether oxygens (including phenoxy) is 1. The van der Waals surface area contributed by atoms with Crippen molar-refractivity contribution in [1.82, 2.24) is 4.98 Å². The Morgan fingerprint density at radius 1 is 1.59 bits per heavy atom. The highest BCUT2D eigenvalue weighted by molar-refractivity contribution is 6.31. The van der Waals surface area contributed by atoms with E-state index in [9.17, 15) is 4.79 Å². The van der Waals surface area contributed by atoms with Crippen molar-refractivity contribution in [3.63, 3.8) is 0 Å². The fourth-order valence-corrected chi connectivity index (χ4v) is 1.32. The molecular weight excluding hydrogens is 240 g/mol. The minimum atomic E-state index is -0.307. The van der Waals surface area contributed by atoms with Gasteiger partial charge >= 0.3 is 0 Å². The van der Waals surface area contributed by atoms with Crippen LogP contribution in [0.5, 0.6) is 5.88 Å². The van der Waals surface area contributed by atoms with E-state index in [1.807, 2.05) is 0 Å². The average molecular weight is 253 g/mol. The van der Waals surface area contributed by atoms with Crippen LogP contribution in [0.25, 0.3) is 0 Å². The van der Waals surface area contributed by atoms with E-state index >= 15 is 0 Å². The summed E-state index contributed by atoms with van der Waals surface area (Å²) in [5.74, 6) is 5.83. The third kappa shape index (κ3) is 4.75. The van der Waals surface area contributed by atoms with E-state index in [2.05, 4.69) is 16.8 Å². The van der Waals surface area contributed by atoms with Crippen molar-refractivity contribution in [2.75, 3.05) is 7.11 Å². The second kappa shape index (κ2) is 6.77. The van der Waals surface area contributed by atoms with E-state index in [0.29, 0.717) is 35.9 Å². The molecule has 1 aromatic rings. The highest BCUT2D eigenvalue weighted by atomic mass is 35.5. The number of amides is 1. The number of carbonyl (C=O) groups is 1. The van der Waals surface area contributed by atoms with E-state index in [1.54, 1.807) is 12.1 Å². The maximum absolute atomic E-state index is 10.5. The Morgan fingerprint density at radius 2 is 2.35 bits per heavy atom. The number of primary amides is 1. The number of unbranched alkanes of at least 4 members (excludes halogenated alkanes) is 1. The molecule has 5 heteroatoms. The van der Waals surface area contributed by atoms with Crippen LogP contribution in [-0.4, -0.2) is 18.0 Å². The SMILES string of the molecule is COc1nc(C#CCCCC(N)=O)ccc1Cl. The third-order valence-electron chi connectivity index (χ3n) is 1.95. The molecule has 0 atom stereocenters. The zero-order valence-electron chi connectivity index (χ0n) is 9.50. The molecule has 0 aliphatic heterocycles. The van der Waals surface area contributed by atoms with Crippen LogP contribution >= 0.6 is 11.6 Å². The van der Waals surface area contributed by atoms with E-state index in [1.165, 1.54) is 7.11 Å². The second-order valence-corrected chi connectivity index (χ2v) is 3.72. The fourth-order valence-electron chi connectivity index (χ4n) is 1.14. The van der Waals surface area contributed by atoms with Gasteiger partial charge in [-0.25, -0.2) is 4.98 Å². The lowest BCUT2D eigenvalue weighted by atomic mass is 10.2. The molecule has 1 aromatic heterocycles. The smallest absolute Gasteiger partial charge is 0.233 e. The van der Waals surface area contributed by atoms with Crippen LogP contribution in [-0.2, 0) is 4.79 Å². The van der Waals surface area contributed by atoms with Gasteiger partial charge in [-0.3, -0.25) is 4.79 Å². The molecule has 1 rings (SSSR count). The highest BCUT2D eigenvalue weighted by Gasteiger charge is 2.01. The lowest BCUT2D eigenvalue weighted by Crippen LogP contribution is -2.09. The molecule has 4 nitrogen and oxygen atoms in total. The van der Waals surface area contributed by atoms with Crippen molar-refractivity contribution >= 4 is 17.5 Å². The molecule has 1 amide bonds. The molecule has 0 fully saturated rings. The topological polar surface area (TPSA) is 65.2 Å². The molecule has 17 heavy (non-hydrogen) atoms. The van der Waals surface area contributed by atoms with E-state index in [4.69, 9.17) is 22.1 Å². The molecule has 0 saturated carbocycles. The first-order valence-corrected chi connectivity index (χ1v) is 5.49. The summed E-state index contributed by atoms with van der Waals surface area (Å²) in [6.07, 6.45) is 1.62. The van der Waals surface area contributed by atoms with E-state index in [0.717, 1.165) is 0 Å². The standard InChI is InChI=1S/C12H13ClN2O2/c1-17-12-10(13)8-7-9(15-12)5-3-2-4-6-11(14)16/h7-8H,2,4,6H2,1H3,(H2,14,16). The Morgan fingerprint density at radius 3 is 3.00 bits per heavy atom. The first-order valence-electron chi connectivity index (χ1n) is 5.11. The quantitative estimate of drug-likeness (QED) is 0.656. The van der Waals surface area contributed by atoms with Gasteiger partial charge in [-0.05, 0) is 24.5 Å². The van der Waals surface area contributed by atoms with Gasteiger partial charge in [0.25, 0.3) is 0 Å². The number of hydrogen-bond acceptors (Lipinski definition) is 3.